The van der Waals surface area contributed by atoms with Gasteiger partial charge in [0, 0.05) is 6.20 Å². The number of nitrogens with one attached hydrogen (secondary N) is 1. The van der Waals surface area contributed by atoms with Gasteiger partial charge in [0.1, 0.15) is 6.07 Å². The van der Waals surface area contributed by atoms with Crippen LogP contribution in [0.5, 0.6) is 0 Å². The number of hydrogen-bond donors (Lipinski definition) is 2. The van der Waals surface area contributed by atoms with Gasteiger partial charge < -0.3 is 0 Å². The van der Waals surface area contributed by atoms with Crippen LogP contribution in [0.25, 0.3) is 0 Å². The number of aromatic nitrogens is 2. The number of hydrazine groups is 1. The molecule has 6 nitrogen and oxygen atoms in total. The van der Waals surface area contributed by atoms with E-state index in [9.17, 15) is 4.79 Å². The molecular formula is C12H15N5O. The van der Waals surface area contributed by atoms with Gasteiger partial charge in [-0.3, -0.25) is 10.2 Å². The number of nitrogens with zero attached hydrogens (tertiary/aromatic N) is 3. The molecule has 1 saturated carbocycles. The van der Waals surface area contributed by atoms with E-state index >= 15 is 0 Å². The van der Waals surface area contributed by atoms with E-state index in [4.69, 9.17) is 11.1 Å². The van der Waals surface area contributed by atoms with Crippen LogP contribution in [0.2, 0.25) is 0 Å². The molecule has 3 N–H and O–H groups in total. The maximum Gasteiger partial charge on any atom is 0.246 e. The third kappa shape index (κ3) is 2.05. The van der Waals surface area contributed by atoms with Crippen LogP contribution in [0.4, 0.5) is 0 Å². The quantitative estimate of drug-likeness (QED) is 0.449. The Labute approximate surface area is 105 Å². The Morgan fingerprint density at radius 2 is 2.17 bits per heavy atom. The molecule has 2 rings (SSSR count). The molecular weight excluding hydrogens is 230 g/mol. The van der Waals surface area contributed by atoms with Gasteiger partial charge in [-0.2, -0.15) is 5.26 Å². The van der Waals surface area contributed by atoms with Gasteiger partial charge in [-0.15, -0.1) is 0 Å². The molecule has 0 unspecified atom stereocenters. The van der Waals surface area contributed by atoms with Crippen molar-refractivity contribution in [2.75, 3.05) is 0 Å². The highest BCUT2D eigenvalue weighted by Crippen LogP contribution is 2.38. The first kappa shape index (κ1) is 12.5. The Hall–Kier alpha value is -2.00. The van der Waals surface area contributed by atoms with Gasteiger partial charge in [0.25, 0.3) is 0 Å². The van der Waals surface area contributed by atoms with E-state index in [1.807, 2.05) is 6.07 Å². The summed E-state index contributed by atoms with van der Waals surface area (Å²) in [6.45, 7) is 0. The topological polar surface area (TPSA) is 105 Å². The van der Waals surface area contributed by atoms with E-state index < -0.39 is 5.41 Å². The Morgan fingerprint density at radius 1 is 1.44 bits per heavy atom. The predicted octanol–water partition coefficient (Wildman–Crippen LogP) is 0.540. The van der Waals surface area contributed by atoms with Crippen LogP contribution in [0.3, 0.4) is 0 Å². The van der Waals surface area contributed by atoms with Crippen LogP contribution in [0.15, 0.2) is 12.3 Å². The maximum atomic E-state index is 12.1. The lowest BCUT2D eigenvalue weighted by Gasteiger charge is -2.34. The van der Waals surface area contributed by atoms with Crippen molar-refractivity contribution >= 4 is 5.91 Å². The highest BCUT2D eigenvalue weighted by Gasteiger charge is 2.42. The minimum absolute atomic E-state index is 0.0854. The van der Waals surface area contributed by atoms with Crippen LogP contribution >= 0.6 is 0 Å². The van der Waals surface area contributed by atoms with Gasteiger partial charge in [-0.25, -0.2) is 15.8 Å². The second-order valence-corrected chi connectivity index (χ2v) is 4.49. The van der Waals surface area contributed by atoms with Crippen molar-refractivity contribution in [2.24, 2.45) is 5.84 Å². The van der Waals surface area contributed by atoms with Crippen LogP contribution in [0, 0.1) is 11.3 Å². The summed E-state index contributed by atoms with van der Waals surface area (Å²) in [7, 11) is 0. The summed E-state index contributed by atoms with van der Waals surface area (Å²) in [6.07, 6.45) is 5.95. The van der Waals surface area contributed by atoms with Gasteiger partial charge in [-0.1, -0.05) is 19.3 Å². The SMILES string of the molecule is N#Cc1nccc(C2(C(=O)NN)CCCCC2)n1. The number of carbonyl (C=O) groups is 1. The Kier molecular flexibility index (Phi) is 3.53. The molecule has 1 aromatic rings. The van der Waals surface area contributed by atoms with Gasteiger partial charge in [0.2, 0.25) is 11.7 Å². The fourth-order valence-electron chi connectivity index (χ4n) is 2.57. The highest BCUT2D eigenvalue weighted by molar-refractivity contribution is 5.87. The van der Waals surface area contributed by atoms with Crippen LogP contribution in [-0.2, 0) is 10.2 Å². The van der Waals surface area contributed by atoms with Crippen molar-refractivity contribution in [3.05, 3.63) is 23.8 Å². The van der Waals surface area contributed by atoms with E-state index in [1.54, 1.807) is 6.07 Å². The van der Waals surface area contributed by atoms with Crippen molar-refractivity contribution in [3.8, 4) is 6.07 Å². The first-order valence-electron chi connectivity index (χ1n) is 5.97. The molecule has 1 aliphatic rings. The summed E-state index contributed by atoms with van der Waals surface area (Å²) in [5.41, 5.74) is 2.12. The van der Waals surface area contributed by atoms with Crippen LogP contribution in [0.1, 0.15) is 43.6 Å². The number of carbonyl (C=O) groups excluding carboxylic acids is 1. The molecule has 1 heterocycles. The molecule has 94 valence electrons. The summed E-state index contributed by atoms with van der Waals surface area (Å²) in [5, 5.41) is 8.84. The third-order valence-corrected chi connectivity index (χ3v) is 3.52. The van der Waals surface area contributed by atoms with Crippen LogP contribution in [-0.4, -0.2) is 15.9 Å². The summed E-state index contributed by atoms with van der Waals surface area (Å²) in [4.78, 5) is 20.1. The van der Waals surface area contributed by atoms with Crippen LogP contribution < -0.4 is 11.3 Å². The molecule has 18 heavy (non-hydrogen) atoms. The second-order valence-electron chi connectivity index (χ2n) is 4.49. The fourth-order valence-corrected chi connectivity index (χ4v) is 2.57. The Morgan fingerprint density at radius 3 is 2.78 bits per heavy atom. The molecule has 0 atom stereocenters. The monoisotopic (exact) mass is 245 g/mol. The largest absolute Gasteiger partial charge is 0.293 e. The van der Waals surface area contributed by atoms with E-state index in [0.717, 1.165) is 19.3 Å². The molecule has 0 radical (unpaired) electrons. The van der Waals surface area contributed by atoms with Crippen molar-refractivity contribution in [1.82, 2.24) is 15.4 Å². The number of hydrogen-bond acceptors (Lipinski definition) is 5. The molecule has 1 aromatic heterocycles. The summed E-state index contributed by atoms with van der Waals surface area (Å²) >= 11 is 0. The first-order chi connectivity index (χ1) is 8.73. The van der Waals surface area contributed by atoms with E-state index in [2.05, 4.69) is 15.4 Å². The molecule has 0 bridgehead atoms. The molecule has 0 spiro atoms. The van der Waals surface area contributed by atoms with Crippen molar-refractivity contribution in [3.63, 3.8) is 0 Å². The first-order valence-corrected chi connectivity index (χ1v) is 5.97. The lowest BCUT2D eigenvalue weighted by molar-refractivity contribution is -0.128. The zero-order chi connectivity index (χ0) is 13.0. The third-order valence-electron chi connectivity index (χ3n) is 3.52. The fraction of sp³-hybridized carbons (Fsp3) is 0.500. The van der Waals surface area contributed by atoms with E-state index in [1.165, 1.54) is 6.20 Å². The zero-order valence-corrected chi connectivity index (χ0v) is 10.0. The Bertz CT molecular complexity index is 487. The summed E-state index contributed by atoms with van der Waals surface area (Å²) in [5.74, 6) is 5.14. The molecule has 0 aromatic carbocycles. The number of rotatable bonds is 2. The molecule has 0 aliphatic heterocycles. The molecule has 1 amide bonds. The van der Waals surface area contributed by atoms with Gasteiger partial charge >= 0.3 is 0 Å². The summed E-state index contributed by atoms with van der Waals surface area (Å²) < 4.78 is 0. The van der Waals surface area contributed by atoms with E-state index in [0.29, 0.717) is 18.5 Å². The zero-order valence-electron chi connectivity index (χ0n) is 10.0. The van der Waals surface area contributed by atoms with Gasteiger partial charge in [0.05, 0.1) is 11.1 Å². The summed E-state index contributed by atoms with van der Waals surface area (Å²) in [6, 6.07) is 3.59. The molecule has 1 aliphatic carbocycles. The highest BCUT2D eigenvalue weighted by atomic mass is 16.2. The van der Waals surface area contributed by atoms with Gasteiger partial charge in [0.15, 0.2) is 0 Å². The smallest absolute Gasteiger partial charge is 0.246 e. The standard InChI is InChI=1S/C12H15N5O/c13-8-10-15-7-4-9(16-10)12(11(18)17-14)5-2-1-3-6-12/h4,7H,1-3,5-6,14H2,(H,17,18). The lowest BCUT2D eigenvalue weighted by Crippen LogP contribution is -2.49. The van der Waals surface area contributed by atoms with Crippen molar-refractivity contribution < 1.29 is 4.79 Å². The number of nitriles is 1. The van der Waals surface area contributed by atoms with E-state index in [-0.39, 0.29) is 11.7 Å². The molecule has 6 heteroatoms. The minimum Gasteiger partial charge on any atom is -0.293 e. The molecule has 1 fully saturated rings. The van der Waals surface area contributed by atoms with Gasteiger partial charge in [-0.05, 0) is 18.9 Å². The second kappa shape index (κ2) is 5.10. The lowest BCUT2D eigenvalue weighted by atomic mass is 9.71. The normalized spacial score (nSPS) is 17.8. The Balaban J connectivity index is 2.45. The number of amides is 1. The maximum absolute atomic E-state index is 12.1. The minimum atomic E-state index is -0.707. The van der Waals surface area contributed by atoms with Crippen molar-refractivity contribution in [1.29, 1.82) is 5.26 Å². The molecule has 0 saturated heterocycles. The average Bonchev–Trinajstić information content (AvgIpc) is 2.47. The number of nitrogens with two attached hydrogens (primary N) is 1. The predicted molar refractivity (Wildman–Crippen MR) is 63.8 cm³/mol. The van der Waals surface area contributed by atoms with Crippen molar-refractivity contribution in [2.45, 2.75) is 37.5 Å². The average molecular weight is 245 g/mol.